The number of halogens is 2. The molecule has 1 aliphatic heterocycles. The van der Waals surface area contributed by atoms with Gasteiger partial charge in [-0.1, -0.05) is 25.1 Å². The fourth-order valence-corrected chi connectivity index (χ4v) is 3.56. The first-order chi connectivity index (χ1) is 14.6. The average molecular weight is 541 g/mol. The molecule has 3 rings (SSSR count). The van der Waals surface area contributed by atoms with Crippen molar-refractivity contribution in [3.05, 3.63) is 59.4 Å². The number of nitrogens with zero attached hydrogens (tertiary/aromatic N) is 3. The van der Waals surface area contributed by atoms with E-state index in [1.54, 1.807) is 20.2 Å². The maximum absolute atomic E-state index is 14.7. The molecular formula is C23H33FIN5O. The Bertz CT molecular complexity index is 838. The monoisotopic (exact) mass is 541 g/mol. The lowest BCUT2D eigenvalue weighted by molar-refractivity contribution is 0.270. The van der Waals surface area contributed by atoms with Gasteiger partial charge in [0.05, 0.1) is 12.8 Å². The molecule has 170 valence electrons. The molecule has 1 saturated heterocycles. The van der Waals surface area contributed by atoms with E-state index >= 15 is 0 Å². The molecule has 8 heteroatoms. The second-order valence-electron chi connectivity index (χ2n) is 7.33. The van der Waals surface area contributed by atoms with E-state index in [9.17, 15) is 4.39 Å². The standard InChI is InChI=1S/C23H32FN5O.HI/c1-4-28-11-13-29(14-12-28)22-10-7-19(15-21(22)24)17-27-23(25-2)26-16-18-5-8-20(30-3)9-6-18;/h5-10,15H,4,11-14,16-17H2,1-3H3,(H2,25,26,27);1H. The zero-order chi connectivity index (χ0) is 21.3. The summed E-state index contributed by atoms with van der Waals surface area (Å²) < 4.78 is 19.9. The highest BCUT2D eigenvalue weighted by Gasteiger charge is 2.18. The number of ether oxygens (including phenoxy) is 1. The van der Waals surface area contributed by atoms with Crippen molar-refractivity contribution in [2.24, 2.45) is 4.99 Å². The summed E-state index contributed by atoms with van der Waals surface area (Å²) in [6.07, 6.45) is 0. The summed E-state index contributed by atoms with van der Waals surface area (Å²) >= 11 is 0. The molecule has 6 nitrogen and oxygen atoms in total. The first kappa shape index (κ1) is 25.2. The first-order valence-corrected chi connectivity index (χ1v) is 10.5. The predicted molar refractivity (Wildman–Crippen MR) is 136 cm³/mol. The van der Waals surface area contributed by atoms with Crippen LogP contribution in [0.25, 0.3) is 0 Å². The Kier molecular flexibility index (Phi) is 10.3. The minimum atomic E-state index is -0.166. The Morgan fingerprint density at radius 2 is 1.61 bits per heavy atom. The number of nitrogens with one attached hydrogen (secondary N) is 2. The fraction of sp³-hybridized carbons (Fsp3) is 0.435. The van der Waals surface area contributed by atoms with Crippen LogP contribution >= 0.6 is 24.0 Å². The van der Waals surface area contributed by atoms with E-state index in [-0.39, 0.29) is 29.8 Å². The van der Waals surface area contributed by atoms with E-state index < -0.39 is 0 Å². The van der Waals surface area contributed by atoms with Crippen LogP contribution in [0.3, 0.4) is 0 Å². The molecule has 0 aliphatic carbocycles. The number of methoxy groups -OCH3 is 1. The molecule has 31 heavy (non-hydrogen) atoms. The van der Waals surface area contributed by atoms with E-state index in [4.69, 9.17) is 4.74 Å². The van der Waals surface area contributed by atoms with Crippen LogP contribution in [0.1, 0.15) is 18.1 Å². The third kappa shape index (κ3) is 7.24. The van der Waals surface area contributed by atoms with Crippen LogP contribution in [0, 0.1) is 5.82 Å². The Morgan fingerprint density at radius 3 is 2.16 bits per heavy atom. The highest BCUT2D eigenvalue weighted by Crippen LogP contribution is 2.22. The molecule has 2 aromatic carbocycles. The lowest BCUT2D eigenvalue weighted by Gasteiger charge is -2.35. The van der Waals surface area contributed by atoms with Gasteiger partial charge in [-0.3, -0.25) is 4.99 Å². The zero-order valence-corrected chi connectivity index (χ0v) is 20.9. The lowest BCUT2D eigenvalue weighted by Crippen LogP contribution is -2.46. The summed E-state index contributed by atoms with van der Waals surface area (Å²) in [5.41, 5.74) is 2.70. The summed E-state index contributed by atoms with van der Waals surface area (Å²) in [4.78, 5) is 8.76. The molecule has 2 N–H and O–H groups in total. The summed E-state index contributed by atoms with van der Waals surface area (Å²) in [6.45, 7) is 8.05. The molecule has 2 aromatic rings. The van der Waals surface area contributed by atoms with Crippen LogP contribution in [0.4, 0.5) is 10.1 Å². The fourth-order valence-electron chi connectivity index (χ4n) is 3.56. The van der Waals surface area contributed by atoms with Crippen molar-refractivity contribution < 1.29 is 9.13 Å². The van der Waals surface area contributed by atoms with Gasteiger partial charge in [-0.25, -0.2) is 4.39 Å². The van der Waals surface area contributed by atoms with Gasteiger partial charge in [0.15, 0.2) is 5.96 Å². The van der Waals surface area contributed by atoms with Gasteiger partial charge in [-0.2, -0.15) is 0 Å². The SMILES string of the molecule is CCN1CCN(c2ccc(CNC(=NC)NCc3ccc(OC)cc3)cc2F)CC1.I. The van der Waals surface area contributed by atoms with Crippen LogP contribution in [0.5, 0.6) is 5.75 Å². The molecule has 0 amide bonds. The maximum atomic E-state index is 14.7. The number of rotatable bonds is 7. The number of aliphatic imine (C=N–C) groups is 1. The summed E-state index contributed by atoms with van der Waals surface area (Å²) in [6, 6.07) is 13.4. The summed E-state index contributed by atoms with van der Waals surface area (Å²) in [5.74, 6) is 1.34. The summed E-state index contributed by atoms with van der Waals surface area (Å²) in [5, 5.41) is 6.52. The van der Waals surface area contributed by atoms with Crippen molar-refractivity contribution in [2.75, 3.05) is 51.8 Å². The number of hydrogen-bond donors (Lipinski definition) is 2. The third-order valence-corrected chi connectivity index (χ3v) is 5.47. The maximum Gasteiger partial charge on any atom is 0.191 e. The van der Waals surface area contributed by atoms with Gasteiger partial charge in [-0.15, -0.1) is 24.0 Å². The van der Waals surface area contributed by atoms with Crippen molar-refractivity contribution in [3.63, 3.8) is 0 Å². The van der Waals surface area contributed by atoms with Crippen molar-refractivity contribution in [2.45, 2.75) is 20.0 Å². The van der Waals surface area contributed by atoms with Crippen LogP contribution in [0.15, 0.2) is 47.5 Å². The van der Waals surface area contributed by atoms with Gasteiger partial charge in [0.2, 0.25) is 0 Å². The molecule has 0 radical (unpaired) electrons. The number of guanidine groups is 1. The molecule has 1 aliphatic rings. The molecule has 0 spiro atoms. The van der Waals surface area contributed by atoms with Crippen LogP contribution < -0.4 is 20.3 Å². The van der Waals surface area contributed by atoms with E-state index in [0.29, 0.717) is 24.7 Å². The van der Waals surface area contributed by atoms with E-state index in [0.717, 1.165) is 49.6 Å². The molecule has 0 saturated carbocycles. The van der Waals surface area contributed by atoms with Gasteiger partial charge < -0.3 is 25.2 Å². The van der Waals surface area contributed by atoms with Crippen LogP contribution in [-0.4, -0.2) is 57.7 Å². The topological polar surface area (TPSA) is 52.1 Å². The van der Waals surface area contributed by atoms with Crippen molar-refractivity contribution in [1.29, 1.82) is 0 Å². The summed E-state index contributed by atoms with van der Waals surface area (Å²) in [7, 11) is 3.38. The van der Waals surface area contributed by atoms with Crippen molar-refractivity contribution in [1.82, 2.24) is 15.5 Å². The Labute approximate surface area is 201 Å². The van der Waals surface area contributed by atoms with Gasteiger partial charge in [0.1, 0.15) is 11.6 Å². The van der Waals surface area contributed by atoms with Gasteiger partial charge in [0, 0.05) is 46.3 Å². The second-order valence-corrected chi connectivity index (χ2v) is 7.33. The van der Waals surface area contributed by atoms with Crippen LogP contribution in [0.2, 0.25) is 0 Å². The number of anilines is 1. The van der Waals surface area contributed by atoms with Crippen molar-refractivity contribution >= 4 is 35.6 Å². The third-order valence-electron chi connectivity index (χ3n) is 5.47. The molecule has 0 bridgehead atoms. The predicted octanol–water partition coefficient (Wildman–Crippen LogP) is 3.46. The smallest absolute Gasteiger partial charge is 0.191 e. The molecular weight excluding hydrogens is 508 g/mol. The van der Waals surface area contributed by atoms with Crippen molar-refractivity contribution in [3.8, 4) is 5.75 Å². The van der Waals surface area contributed by atoms with E-state index in [1.165, 1.54) is 0 Å². The molecule has 0 atom stereocenters. The lowest BCUT2D eigenvalue weighted by atomic mass is 10.1. The highest BCUT2D eigenvalue weighted by atomic mass is 127. The molecule has 1 fully saturated rings. The first-order valence-electron chi connectivity index (χ1n) is 10.5. The van der Waals surface area contributed by atoms with Gasteiger partial charge >= 0.3 is 0 Å². The Morgan fingerprint density at radius 1 is 1.00 bits per heavy atom. The second kappa shape index (κ2) is 12.7. The number of benzene rings is 2. The number of hydrogen-bond acceptors (Lipinski definition) is 4. The Hall–Kier alpha value is -2.07. The van der Waals surface area contributed by atoms with Crippen LogP contribution in [-0.2, 0) is 13.1 Å². The number of piperazine rings is 1. The Balaban J connectivity index is 0.00000341. The minimum Gasteiger partial charge on any atom is -0.497 e. The number of likely N-dealkylation sites (N-methyl/N-ethyl adjacent to an activating group) is 1. The van der Waals surface area contributed by atoms with Gasteiger partial charge in [-0.05, 0) is 41.9 Å². The van der Waals surface area contributed by atoms with E-state index in [1.807, 2.05) is 36.4 Å². The normalized spacial score (nSPS) is 14.7. The highest BCUT2D eigenvalue weighted by molar-refractivity contribution is 14.0. The largest absolute Gasteiger partial charge is 0.497 e. The quantitative estimate of drug-likeness (QED) is 0.320. The molecule has 0 unspecified atom stereocenters. The molecule has 1 heterocycles. The average Bonchev–Trinajstić information content (AvgIpc) is 2.80. The zero-order valence-electron chi connectivity index (χ0n) is 18.5. The van der Waals surface area contributed by atoms with E-state index in [2.05, 4.69) is 32.3 Å². The van der Waals surface area contributed by atoms with Gasteiger partial charge in [0.25, 0.3) is 0 Å². The minimum absolute atomic E-state index is 0. The molecule has 0 aromatic heterocycles.